The number of alkyl halides is 6. The van der Waals surface area contributed by atoms with Gasteiger partial charge in [-0.1, -0.05) is 0 Å². The summed E-state index contributed by atoms with van der Waals surface area (Å²) in [6, 6.07) is 0.724. The molecule has 1 aromatic rings. The topological polar surface area (TPSA) is 26.3 Å². The molecule has 0 spiro atoms. The lowest BCUT2D eigenvalue weighted by molar-refractivity contribution is -0.143. The molecule has 0 bridgehead atoms. The van der Waals surface area contributed by atoms with Crippen LogP contribution in [0.1, 0.15) is 27.9 Å². The molecule has 9 heteroatoms. The summed E-state index contributed by atoms with van der Waals surface area (Å²) in [7, 11) is 0. The normalized spacial score (nSPS) is 19.3. The fourth-order valence-corrected chi connectivity index (χ4v) is 2.99. The highest BCUT2D eigenvalue weighted by atomic mass is 32.2. The number of halogens is 6. The largest absolute Gasteiger partial charge is 0.458 e. The molecule has 0 aromatic heterocycles. The van der Waals surface area contributed by atoms with E-state index in [9.17, 15) is 31.1 Å². The Balaban J connectivity index is 2.34. The zero-order chi connectivity index (χ0) is 16.5. The summed E-state index contributed by atoms with van der Waals surface area (Å²) in [6.07, 6.45) is -9.93. The molecule has 1 aliphatic heterocycles. The van der Waals surface area contributed by atoms with Crippen LogP contribution in [0.15, 0.2) is 18.2 Å². The van der Waals surface area contributed by atoms with Crippen molar-refractivity contribution in [1.82, 2.24) is 0 Å². The third-order valence-corrected chi connectivity index (χ3v) is 4.12. The zero-order valence-electron chi connectivity index (χ0n) is 10.9. The second-order valence-corrected chi connectivity index (χ2v) is 5.84. The SMILES string of the molecule is O=C(OC1CCSC1)c1cc(C(F)(F)F)cc(C(F)(F)F)c1. The van der Waals surface area contributed by atoms with Crippen molar-refractivity contribution in [1.29, 1.82) is 0 Å². The Hall–Kier alpha value is -1.38. The first-order valence-corrected chi connectivity index (χ1v) is 7.31. The molecule has 0 aliphatic carbocycles. The van der Waals surface area contributed by atoms with E-state index in [0.29, 0.717) is 24.3 Å². The molecule has 1 aromatic carbocycles. The lowest BCUT2D eigenvalue weighted by Gasteiger charge is -2.15. The average Bonchev–Trinajstić information content (AvgIpc) is 2.89. The van der Waals surface area contributed by atoms with Crippen molar-refractivity contribution in [2.75, 3.05) is 11.5 Å². The van der Waals surface area contributed by atoms with Gasteiger partial charge in [0, 0.05) is 5.75 Å². The van der Waals surface area contributed by atoms with E-state index in [2.05, 4.69) is 0 Å². The standard InChI is InChI=1S/C13H10F6O2S/c14-12(15,16)8-3-7(4-9(5-8)13(17,18)19)11(20)21-10-1-2-22-6-10/h3-5,10H,1-2,6H2. The lowest BCUT2D eigenvalue weighted by atomic mass is 10.0. The Morgan fingerprint density at radius 1 is 1.05 bits per heavy atom. The third kappa shape index (κ3) is 4.08. The monoisotopic (exact) mass is 344 g/mol. The van der Waals surface area contributed by atoms with E-state index < -0.39 is 41.1 Å². The Labute approximate surface area is 125 Å². The molecule has 0 radical (unpaired) electrons. The van der Waals surface area contributed by atoms with Crippen LogP contribution in [0, 0.1) is 0 Å². The van der Waals surface area contributed by atoms with E-state index in [-0.39, 0.29) is 6.07 Å². The van der Waals surface area contributed by atoms with E-state index in [1.54, 1.807) is 0 Å². The molecule has 1 unspecified atom stereocenters. The number of rotatable bonds is 2. The molecule has 1 heterocycles. The van der Waals surface area contributed by atoms with Crippen LogP contribution in [0.5, 0.6) is 0 Å². The van der Waals surface area contributed by atoms with Crippen LogP contribution in [0.3, 0.4) is 0 Å². The van der Waals surface area contributed by atoms with Gasteiger partial charge in [0.1, 0.15) is 6.10 Å². The quantitative estimate of drug-likeness (QED) is 0.588. The van der Waals surface area contributed by atoms with Gasteiger partial charge in [-0.25, -0.2) is 4.79 Å². The van der Waals surface area contributed by atoms with E-state index >= 15 is 0 Å². The summed E-state index contributed by atoms with van der Waals surface area (Å²) < 4.78 is 81.0. The van der Waals surface area contributed by atoms with Gasteiger partial charge in [-0.05, 0) is 30.4 Å². The van der Waals surface area contributed by atoms with Crippen LogP contribution in [0.4, 0.5) is 26.3 Å². The van der Waals surface area contributed by atoms with Crippen LogP contribution in [0.25, 0.3) is 0 Å². The summed E-state index contributed by atoms with van der Waals surface area (Å²) in [5.41, 5.74) is -3.82. The van der Waals surface area contributed by atoms with Gasteiger partial charge >= 0.3 is 18.3 Å². The summed E-state index contributed by atoms with van der Waals surface area (Å²) in [5, 5.41) is 0. The van der Waals surface area contributed by atoms with Crippen molar-refractivity contribution in [3.63, 3.8) is 0 Å². The predicted molar refractivity (Wildman–Crippen MR) is 67.6 cm³/mol. The van der Waals surface area contributed by atoms with Crippen LogP contribution in [-0.2, 0) is 17.1 Å². The highest BCUT2D eigenvalue weighted by molar-refractivity contribution is 7.99. The third-order valence-electron chi connectivity index (χ3n) is 2.98. The van der Waals surface area contributed by atoms with Gasteiger partial charge in [0.25, 0.3) is 0 Å². The molecular weight excluding hydrogens is 334 g/mol. The van der Waals surface area contributed by atoms with Gasteiger partial charge < -0.3 is 4.74 Å². The molecule has 1 aliphatic rings. The van der Waals surface area contributed by atoms with Gasteiger partial charge in [-0.15, -0.1) is 0 Å². The molecule has 2 rings (SSSR count). The number of hydrogen-bond donors (Lipinski definition) is 0. The first kappa shape index (κ1) is 17.0. The van der Waals surface area contributed by atoms with Gasteiger partial charge in [0.15, 0.2) is 0 Å². The number of esters is 1. The van der Waals surface area contributed by atoms with Gasteiger partial charge in [0.2, 0.25) is 0 Å². The van der Waals surface area contributed by atoms with Gasteiger partial charge in [-0.2, -0.15) is 38.1 Å². The number of ether oxygens (including phenoxy) is 1. The number of carbonyl (C=O) groups excluding carboxylic acids is 1. The fourth-order valence-electron chi connectivity index (χ4n) is 1.90. The average molecular weight is 344 g/mol. The van der Waals surface area contributed by atoms with Crippen molar-refractivity contribution < 1.29 is 35.9 Å². The molecular formula is C13H10F6O2S. The zero-order valence-corrected chi connectivity index (χ0v) is 11.7. The maximum absolute atomic E-state index is 12.7. The smallest absolute Gasteiger partial charge is 0.416 e. The number of thioether (sulfide) groups is 1. The molecule has 1 saturated heterocycles. The van der Waals surface area contributed by atoms with E-state index in [0.717, 1.165) is 5.75 Å². The van der Waals surface area contributed by atoms with Crippen LogP contribution < -0.4 is 0 Å². The molecule has 1 fully saturated rings. The van der Waals surface area contributed by atoms with Crippen LogP contribution in [0.2, 0.25) is 0 Å². The van der Waals surface area contributed by atoms with Crippen molar-refractivity contribution in [2.45, 2.75) is 24.9 Å². The van der Waals surface area contributed by atoms with Crippen molar-refractivity contribution in [2.24, 2.45) is 0 Å². The molecule has 22 heavy (non-hydrogen) atoms. The van der Waals surface area contributed by atoms with E-state index in [1.165, 1.54) is 11.8 Å². The van der Waals surface area contributed by atoms with E-state index in [4.69, 9.17) is 4.74 Å². The predicted octanol–water partition coefficient (Wildman–Crippen LogP) is 4.39. The molecule has 0 amide bonds. The molecule has 0 saturated carbocycles. The van der Waals surface area contributed by atoms with Crippen LogP contribution in [-0.4, -0.2) is 23.6 Å². The van der Waals surface area contributed by atoms with Gasteiger partial charge in [0.05, 0.1) is 16.7 Å². The molecule has 0 N–H and O–H groups in total. The minimum atomic E-state index is -4.99. The van der Waals surface area contributed by atoms with Crippen LogP contribution >= 0.6 is 11.8 Å². The summed E-state index contributed by atoms with van der Waals surface area (Å²) in [4.78, 5) is 11.8. The van der Waals surface area contributed by atoms with Crippen molar-refractivity contribution in [3.05, 3.63) is 34.9 Å². The summed E-state index contributed by atoms with van der Waals surface area (Å²) >= 11 is 1.50. The fraction of sp³-hybridized carbons (Fsp3) is 0.462. The molecule has 1 atom stereocenters. The Kier molecular flexibility index (Phi) is 4.65. The first-order chi connectivity index (χ1) is 10.1. The second-order valence-electron chi connectivity index (χ2n) is 4.69. The minimum absolute atomic E-state index is 0.0256. The lowest BCUT2D eigenvalue weighted by Crippen LogP contribution is -2.19. The highest BCUT2D eigenvalue weighted by Gasteiger charge is 2.38. The Bertz CT molecular complexity index is 528. The second kappa shape index (κ2) is 6.02. The number of hydrogen-bond acceptors (Lipinski definition) is 3. The summed E-state index contributed by atoms with van der Waals surface area (Å²) in [5.74, 6) is 0.0367. The Morgan fingerprint density at radius 2 is 1.59 bits per heavy atom. The molecule has 122 valence electrons. The maximum Gasteiger partial charge on any atom is 0.416 e. The number of carbonyl (C=O) groups is 1. The highest BCUT2D eigenvalue weighted by Crippen LogP contribution is 2.36. The first-order valence-electron chi connectivity index (χ1n) is 6.15. The maximum atomic E-state index is 12.7. The molecule has 2 nitrogen and oxygen atoms in total. The van der Waals surface area contributed by atoms with Crippen molar-refractivity contribution >= 4 is 17.7 Å². The van der Waals surface area contributed by atoms with E-state index in [1.807, 2.05) is 0 Å². The van der Waals surface area contributed by atoms with Crippen molar-refractivity contribution in [3.8, 4) is 0 Å². The minimum Gasteiger partial charge on any atom is -0.458 e. The summed E-state index contributed by atoms with van der Waals surface area (Å²) in [6.45, 7) is 0. The van der Waals surface area contributed by atoms with Gasteiger partial charge in [-0.3, -0.25) is 0 Å². The Morgan fingerprint density at radius 3 is 2.00 bits per heavy atom. The number of benzene rings is 1.